The van der Waals surface area contributed by atoms with E-state index in [4.69, 9.17) is 0 Å². The minimum Gasteiger partial charge on any atom is -0.0619 e. The Morgan fingerprint density at radius 2 is 1.00 bits per heavy atom. The Bertz CT molecular complexity index is 1100. The van der Waals surface area contributed by atoms with Gasteiger partial charge in [0.25, 0.3) is 0 Å². The van der Waals surface area contributed by atoms with Crippen molar-refractivity contribution in [1.82, 2.24) is 0 Å². The Balaban J connectivity index is 1.33. The normalized spacial score (nSPS) is 56.7. The highest BCUT2D eigenvalue weighted by Gasteiger charge is 2.88. The maximum absolute atomic E-state index is 2.68. The predicted octanol–water partition coefficient (Wildman–Crippen LogP) is 7.26. The van der Waals surface area contributed by atoms with Crippen LogP contribution in [0.5, 0.6) is 0 Å². The van der Waals surface area contributed by atoms with Crippen LogP contribution in [0.1, 0.15) is 76.3 Å². The molecule has 0 heterocycles. The lowest BCUT2D eigenvalue weighted by Crippen LogP contribution is -2.43. The molecule has 9 aliphatic carbocycles. The van der Waals surface area contributed by atoms with E-state index in [9.17, 15) is 0 Å². The SMILES string of the molecule is CC12CC3CC1(C)CC3(C13CC45CC1CC4(C3)c1ccccc1-c1ccccc15)C2. The maximum atomic E-state index is 2.68. The van der Waals surface area contributed by atoms with E-state index >= 15 is 0 Å². The second-order valence-corrected chi connectivity index (χ2v) is 13.6. The van der Waals surface area contributed by atoms with Crippen LogP contribution in [0.3, 0.4) is 0 Å². The lowest BCUT2D eigenvalue weighted by molar-refractivity contribution is 0.00120. The maximum Gasteiger partial charge on any atom is 0.00649 e. The fourth-order valence-corrected chi connectivity index (χ4v) is 12.7. The number of rotatable bonds is 1. The van der Waals surface area contributed by atoms with E-state index in [-0.39, 0.29) is 0 Å². The molecule has 0 N–H and O–H groups in total. The lowest BCUT2D eigenvalue weighted by atomic mass is 9.55. The zero-order valence-electron chi connectivity index (χ0n) is 18.4. The number of hydrogen-bond acceptors (Lipinski definition) is 0. The molecule has 9 aliphatic rings. The molecule has 152 valence electrons. The summed E-state index contributed by atoms with van der Waals surface area (Å²) in [4.78, 5) is 0. The van der Waals surface area contributed by atoms with Gasteiger partial charge in [-0.25, -0.2) is 0 Å². The molecule has 4 unspecified atom stereocenters. The largest absolute Gasteiger partial charge is 0.0619 e. The second kappa shape index (κ2) is 4.10. The van der Waals surface area contributed by atoms with Gasteiger partial charge in [0.15, 0.2) is 0 Å². The Morgan fingerprint density at radius 1 is 0.567 bits per heavy atom. The van der Waals surface area contributed by atoms with Gasteiger partial charge in [0, 0.05) is 10.8 Å². The summed E-state index contributed by atoms with van der Waals surface area (Å²) in [6.07, 6.45) is 12.2. The lowest BCUT2D eigenvalue weighted by Gasteiger charge is -2.48. The topological polar surface area (TPSA) is 0 Å². The third-order valence-corrected chi connectivity index (χ3v) is 13.3. The zero-order chi connectivity index (χ0) is 19.8. The third-order valence-electron chi connectivity index (χ3n) is 13.3. The number of benzene rings is 2. The Hall–Kier alpha value is -1.56. The van der Waals surface area contributed by atoms with Crippen LogP contribution in [0.2, 0.25) is 0 Å². The second-order valence-electron chi connectivity index (χ2n) is 13.6. The quantitative estimate of drug-likeness (QED) is 0.479. The van der Waals surface area contributed by atoms with Crippen LogP contribution in [-0.2, 0) is 10.8 Å². The van der Waals surface area contributed by atoms with Crippen molar-refractivity contribution in [3.05, 3.63) is 59.7 Å². The van der Waals surface area contributed by atoms with Crippen molar-refractivity contribution in [2.75, 3.05) is 0 Å². The van der Waals surface area contributed by atoms with Crippen LogP contribution in [0.4, 0.5) is 0 Å². The molecule has 0 saturated heterocycles. The van der Waals surface area contributed by atoms with Crippen molar-refractivity contribution in [3.8, 4) is 11.1 Å². The van der Waals surface area contributed by atoms with Crippen LogP contribution >= 0.6 is 0 Å². The Labute approximate surface area is 180 Å². The molecule has 11 rings (SSSR count). The van der Waals surface area contributed by atoms with E-state index in [1.54, 1.807) is 47.9 Å². The van der Waals surface area contributed by atoms with E-state index in [2.05, 4.69) is 62.4 Å². The van der Waals surface area contributed by atoms with Gasteiger partial charge in [-0.2, -0.15) is 0 Å². The van der Waals surface area contributed by atoms with E-state index in [1.807, 2.05) is 0 Å². The van der Waals surface area contributed by atoms with E-state index in [1.165, 1.54) is 25.7 Å². The molecular weight excluding hydrogens is 360 g/mol. The van der Waals surface area contributed by atoms with Crippen molar-refractivity contribution in [2.24, 2.45) is 33.5 Å². The molecule has 4 atom stereocenters. The van der Waals surface area contributed by atoms with E-state index in [0.717, 1.165) is 11.8 Å². The van der Waals surface area contributed by atoms with Gasteiger partial charge in [-0.1, -0.05) is 62.4 Å². The summed E-state index contributed by atoms with van der Waals surface area (Å²) in [6, 6.07) is 19.2. The molecule has 2 spiro atoms. The van der Waals surface area contributed by atoms with Crippen LogP contribution in [0.15, 0.2) is 48.5 Å². The molecule has 30 heavy (non-hydrogen) atoms. The number of fused-ring (bicyclic) bond motifs is 3. The molecule has 2 aromatic carbocycles. The monoisotopic (exact) mass is 392 g/mol. The highest BCUT2D eigenvalue weighted by atomic mass is 14.9. The smallest absolute Gasteiger partial charge is 0.00649 e. The fraction of sp³-hybridized carbons (Fsp3) is 0.600. The summed E-state index contributed by atoms with van der Waals surface area (Å²) in [6.45, 7) is 5.36. The Kier molecular flexibility index (Phi) is 2.20. The first-order chi connectivity index (χ1) is 14.4. The van der Waals surface area contributed by atoms with Gasteiger partial charge in [0.1, 0.15) is 0 Å². The average molecular weight is 393 g/mol. The Morgan fingerprint density at radius 3 is 1.47 bits per heavy atom. The van der Waals surface area contributed by atoms with Crippen LogP contribution in [0, 0.1) is 33.5 Å². The first-order valence-electron chi connectivity index (χ1n) is 12.6. The minimum atomic E-state index is 0.435. The zero-order valence-corrected chi connectivity index (χ0v) is 18.4. The molecule has 0 aliphatic heterocycles. The van der Waals surface area contributed by atoms with Gasteiger partial charge in [-0.15, -0.1) is 0 Å². The average Bonchev–Trinajstić information content (AvgIpc) is 3.54. The molecule has 0 radical (unpaired) electrons. The number of hydrogen-bond donors (Lipinski definition) is 0. The van der Waals surface area contributed by atoms with Crippen molar-refractivity contribution in [3.63, 3.8) is 0 Å². The first kappa shape index (κ1) is 16.1. The molecule has 0 aromatic heterocycles. The van der Waals surface area contributed by atoms with E-state index < -0.39 is 0 Å². The van der Waals surface area contributed by atoms with Crippen molar-refractivity contribution >= 4 is 0 Å². The fourth-order valence-electron chi connectivity index (χ4n) is 12.7. The van der Waals surface area contributed by atoms with Gasteiger partial charge in [0.05, 0.1) is 0 Å². The van der Waals surface area contributed by atoms with Crippen molar-refractivity contribution < 1.29 is 0 Å². The minimum absolute atomic E-state index is 0.435. The van der Waals surface area contributed by atoms with Gasteiger partial charge < -0.3 is 0 Å². The van der Waals surface area contributed by atoms with Crippen LogP contribution < -0.4 is 0 Å². The first-order valence-corrected chi connectivity index (χ1v) is 12.6. The molecule has 8 bridgehead atoms. The highest BCUT2D eigenvalue weighted by molar-refractivity contribution is 5.80. The molecule has 2 aromatic rings. The van der Waals surface area contributed by atoms with Gasteiger partial charge >= 0.3 is 0 Å². The molecule has 0 amide bonds. The van der Waals surface area contributed by atoms with Crippen LogP contribution in [0.25, 0.3) is 11.1 Å². The predicted molar refractivity (Wildman–Crippen MR) is 120 cm³/mol. The third kappa shape index (κ3) is 1.20. The summed E-state index contributed by atoms with van der Waals surface area (Å²) >= 11 is 0. The molecule has 8 fully saturated rings. The van der Waals surface area contributed by atoms with Gasteiger partial charge in [0.2, 0.25) is 0 Å². The molecule has 0 nitrogen and oxygen atoms in total. The molecule has 8 saturated carbocycles. The molecule has 0 heteroatoms. The summed E-state index contributed by atoms with van der Waals surface area (Å²) in [5.41, 5.74) is 10.1. The summed E-state index contributed by atoms with van der Waals surface area (Å²) in [7, 11) is 0. The highest BCUT2D eigenvalue weighted by Crippen LogP contribution is 2.95. The van der Waals surface area contributed by atoms with Crippen molar-refractivity contribution in [1.29, 1.82) is 0 Å². The van der Waals surface area contributed by atoms with Gasteiger partial charge in [-0.05, 0) is 107 Å². The van der Waals surface area contributed by atoms with E-state index in [0.29, 0.717) is 32.5 Å². The standard InChI is InChI=1S/C30H32/c1-25-11-19-12-26(25,2)16-29(19,15-25)30-17-27-13-20(30)14-28(27,18-30)24-10-6-4-8-22(24)21-7-3-5-9-23(21)27/h3-10,19-20H,11-18H2,1-2H3. The summed E-state index contributed by atoms with van der Waals surface area (Å²) in [5, 5.41) is 0. The summed E-state index contributed by atoms with van der Waals surface area (Å²) < 4.78 is 0. The molecular formula is C30H32. The van der Waals surface area contributed by atoms with Gasteiger partial charge in [-0.3, -0.25) is 0 Å². The van der Waals surface area contributed by atoms with Crippen molar-refractivity contribution in [2.45, 2.75) is 76.0 Å². The van der Waals surface area contributed by atoms with Crippen LogP contribution in [-0.4, -0.2) is 0 Å². The summed E-state index contributed by atoms with van der Waals surface area (Å²) in [5.74, 6) is 2.01.